The molecule has 2 fully saturated rings. The molecule has 39 heavy (non-hydrogen) atoms. The Morgan fingerprint density at radius 1 is 0.795 bits per heavy atom. The van der Waals surface area contributed by atoms with Gasteiger partial charge in [-0.05, 0) is 57.8 Å². The second kappa shape index (κ2) is 7.96. The maximum Gasteiger partial charge on any atom is 0.340 e. The van der Waals surface area contributed by atoms with Gasteiger partial charge in [-0.15, -0.1) is 0 Å². The summed E-state index contributed by atoms with van der Waals surface area (Å²) in [5, 5.41) is 22.5. The fourth-order valence-corrected chi connectivity index (χ4v) is 10.0. The zero-order valence-electron chi connectivity index (χ0n) is 23.3. The minimum absolute atomic E-state index is 0.0827. The SMILES string of the molecule is CC(C)(C)c1ccc2c(c1)C1(OC2=O)c2ccc(N3CC(O)C3)cc2[Si](C)(C)c2cc(N3CC(O)C3)ccc21. The van der Waals surface area contributed by atoms with Crippen LogP contribution < -0.4 is 20.2 Å². The predicted octanol–water partition coefficient (Wildman–Crippen LogP) is 2.94. The molecule has 0 amide bonds. The summed E-state index contributed by atoms with van der Waals surface area (Å²) in [5.74, 6) is -0.284. The minimum atomic E-state index is -2.25. The van der Waals surface area contributed by atoms with Crippen LogP contribution in [0.15, 0.2) is 54.6 Å². The van der Waals surface area contributed by atoms with Gasteiger partial charge in [-0.1, -0.05) is 52.1 Å². The Kier molecular flexibility index (Phi) is 5.08. The molecule has 0 saturated carbocycles. The lowest BCUT2D eigenvalue weighted by molar-refractivity contribution is 0.0254. The Morgan fingerprint density at radius 3 is 1.77 bits per heavy atom. The number of carbonyl (C=O) groups excluding carboxylic acids is 1. The van der Waals surface area contributed by atoms with E-state index in [4.69, 9.17) is 4.74 Å². The van der Waals surface area contributed by atoms with Crippen LogP contribution in [0.3, 0.4) is 0 Å². The number of esters is 1. The summed E-state index contributed by atoms with van der Waals surface area (Å²) in [6.45, 7) is 13.9. The quantitative estimate of drug-likeness (QED) is 0.385. The van der Waals surface area contributed by atoms with Crippen molar-refractivity contribution in [2.45, 2.75) is 57.1 Å². The Balaban J connectivity index is 1.50. The average Bonchev–Trinajstić information content (AvgIpc) is 3.15. The van der Waals surface area contributed by atoms with E-state index in [9.17, 15) is 15.0 Å². The van der Waals surface area contributed by atoms with Crippen molar-refractivity contribution in [1.82, 2.24) is 0 Å². The number of fused-ring (bicyclic) bond motifs is 6. The van der Waals surface area contributed by atoms with Gasteiger partial charge in [0.15, 0.2) is 5.60 Å². The molecule has 2 saturated heterocycles. The second-order valence-corrected chi connectivity index (χ2v) is 17.6. The van der Waals surface area contributed by atoms with Gasteiger partial charge in [-0.3, -0.25) is 0 Å². The van der Waals surface area contributed by atoms with Crippen molar-refractivity contribution >= 4 is 35.8 Å². The number of aliphatic hydroxyl groups is 2. The van der Waals surface area contributed by atoms with E-state index in [1.165, 1.54) is 15.9 Å². The third-order valence-electron chi connectivity index (χ3n) is 9.30. The molecule has 6 nitrogen and oxygen atoms in total. The van der Waals surface area contributed by atoms with Gasteiger partial charge in [0.05, 0.1) is 17.8 Å². The van der Waals surface area contributed by atoms with Crippen LogP contribution >= 0.6 is 0 Å². The molecule has 7 heteroatoms. The number of aliphatic hydroxyl groups excluding tert-OH is 2. The average molecular weight is 541 g/mol. The van der Waals surface area contributed by atoms with Crippen LogP contribution in [0.2, 0.25) is 13.1 Å². The lowest BCUT2D eigenvalue weighted by Gasteiger charge is -2.46. The largest absolute Gasteiger partial charge is 0.441 e. The number of rotatable bonds is 2. The number of β-amino-alcohol motifs (C(OH)–C–C–N with tert-alkyl or cyclic N) is 2. The number of anilines is 2. The maximum absolute atomic E-state index is 13.5. The lowest BCUT2D eigenvalue weighted by atomic mass is 9.76. The van der Waals surface area contributed by atoms with Gasteiger partial charge in [0.2, 0.25) is 0 Å². The molecule has 0 bridgehead atoms. The summed E-state index contributed by atoms with van der Waals surface area (Å²) in [7, 11) is -2.25. The standard InChI is InChI=1S/C32H36N2O4Si/c1-31(2,3)19-6-9-24-27(12-19)32(38-30(24)37)25-10-7-20(33-15-22(35)16-33)13-28(25)39(4,5)29-14-21(8-11-26(29)32)34-17-23(36)18-34/h6-14,22-23,35-36H,15-18H2,1-5H3. The molecule has 0 unspecified atom stereocenters. The van der Waals surface area contributed by atoms with Gasteiger partial charge >= 0.3 is 5.97 Å². The molecule has 202 valence electrons. The van der Waals surface area contributed by atoms with Crippen molar-refractivity contribution in [2.24, 2.45) is 0 Å². The molecule has 4 aliphatic rings. The number of nitrogens with zero attached hydrogens (tertiary/aromatic N) is 2. The van der Waals surface area contributed by atoms with E-state index >= 15 is 0 Å². The molecule has 3 aromatic carbocycles. The number of ether oxygens (including phenoxy) is 1. The third kappa shape index (κ3) is 3.42. The van der Waals surface area contributed by atoms with E-state index in [-0.39, 0.29) is 23.6 Å². The minimum Gasteiger partial charge on any atom is -0.441 e. The van der Waals surface area contributed by atoms with Crippen molar-refractivity contribution < 1.29 is 19.7 Å². The molecule has 0 aliphatic carbocycles. The molecular formula is C32H36N2O4Si. The van der Waals surface area contributed by atoms with E-state index in [2.05, 4.69) is 92.2 Å². The third-order valence-corrected chi connectivity index (χ3v) is 12.8. The molecule has 1 spiro atoms. The Morgan fingerprint density at radius 2 is 1.31 bits per heavy atom. The van der Waals surface area contributed by atoms with Gasteiger partial charge in [-0.2, -0.15) is 0 Å². The number of hydrogen-bond acceptors (Lipinski definition) is 6. The monoisotopic (exact) mass is 540 g/mol. The van der Waals surface area contributed by atoms with Crippen molar-refractivity contribution in [3.8, 4) is 0 Å². The van der Waals surface area contributed by atoms with Crippen LogP contribution in [0.1, 0.15) is 53.4 Å². The Labute approximate surface area is 230 Å². The molecule has 3 aromatic rings. The zero-order chi connectivity index (χ0) is 27.5. The molecule has 7 rings (SSSR count). The first-order chi connectivity index (χ1) is 18.4. The smallest absolute Gasteiger partial charge is 0.340 e. The van der Waals surface area contributed by atoms with Gasteiger partial charge in [0.1, 0.15) is 8.07 Å². The van der Waals surface area contributed by atoms with Crippen LogP contribution in [-0.2, 0) is 15.8 Å². The Bertz CT molecular complexity index is 1460. The molecule has 2 N–H and O–H groups in total. The van der Waals surface area contributed by atoms with Crippen LogP contribution in [0, 0.1) is 0 Å². The number of benzene rings is 3. The van der Waals surface area contributed by atoms with Crippen LogP contribution in [-0.4, -0.2) is 62.6 Å². The highest BCUT2D eigenvalue weighted by Crippen LogP contribution is 2.50. The van der Waals surface area contributed by atoms with Gasteiger partial charge in [0.25, 0.3) is 0 Å². The van der Waals surface area contributed by atoms with E-state index < -0.39 is 13.7 Å². The first-order valence-corrected chi connectivity index (χ1v) is 16.9. The predicted molar refractivity (Wildman–Crippen MR) is 157 cm³/mol. The van der Waals surface area contributed by atoms with Crippen molar-refractivity contribution in [1.29, 1.82) is 0 Å². The highest BCUT2D eigenvalue weighted by Gasteiger charge is 2.56. The highest BCUT2D eigenvalue weighted by atomic mass is 28.3. The summed E-state index contributed by atoms with van der Waals surface area (Å²) in [6, 6.07) is 19.3. The van der Waals surface area contributed by atoms with Gasteiger partial charge in [-0.25, -0.2) is 4.79 Å². The summed E-state index contributed by atoms with van der Waals surface area (Å²) in [4.78, 5) is 18.0. The second-order valence-electron chi connectivity index (χ2n) is 13.3. The highest BCUT2D eigenvalue weighted by molar-refractivity contribution is 7.01. The van der Waals surface area contributed by atoms with E-state index in [1.54, 1.807) is 0 Å². The fraction of sp³-hybridized carbons (Fsp3) is 0.406. The first kappa shape index (κ1) is 24.9. The van der Waals surface area contributed by atoms with Gasteiger partial charge < -0.3 is 24.7 Å². The summed E-state index contributed by atoms with van der Waals surface area (Å²) in [5.41, 5.74) is 5.95. The molecule has 0 radical (unpaired) electrons. The van der Waals surface area contributed by atoms with Crippen molar-refractivity contribution in [2.75, 3.05) is 36.0 Å². The number of carbonyl (C=O) groups is 1. The molecule has 0 atom stereocenters. The molecule has 4 heterocycles. The first-order valence-electron chi connectivity index (χ1n) is 13.9. The summed E-state index contributed by atoms with van der Waals surface area (Å²) >= 11 is 0. The Hall–Kier alpha value is -3.13. The van der Waals surface area contributed by atoms with Crippen molar-refractivity contribution in [3.05, 3.63) is 82.4 Å². The molecule has 4 aliphatic heterocycles. The van der Waals surface area contributed by atoms with E-state index in [0.29, 0.717) is 31.7 Å². The number of hydrogen-bond donors (Lipinski definition) is 2. The molecular weight excluding hydrogens is 504 g/mol. The summed E-state index contributed by atoms with van der Waals surface area (Å²) < 4.78 is 6.57. The van der Waals surface area contributed by atoms with Crippen LogP contribution in [0.4, 0.5) is 11.4 Å². The van der Waals surface area contributed by atoms with Crippen LogP contribution in [0.5, 0.6) is 0 Å². The topological polar surface area (TPSA) is 73.2 Å². The van der Waals surface area contributed by atoms with E-state index in [0.717, 1.165) is 28.1 Å². The fourth-order valence-electron chi connectivity index (χ4n) is 6.86. The lowest BCUT2D eigenvalue weighted by Crippen LogP contribution is -2.64. The summed E-state index contributed by atoms with van der Waals surface area (Å²) in [6.07, 6.45) is -0.572. The normalized spacial score (nSPS) is 21.2. The molecule has 0 aromatic heterocycles. The zero-order valence-corrected chi connectivity index (χ0v) is 24.3. The van der Waals surface area contributed by atoms with Gasteiger partial charge in [0, 0.05) is 54.2 Å². The maximum atomic E-state index is 13.5. The van der Waals surface area contributed by atoms with Crippen molar-refractivity contribution in [3.63, 3.8) is 0 Å². The van der Waals surface area contributed by atoms with E-state index in [1.807, 2.05) is 6.07 Å². The van der Waals surface area contributed by atoms with Crippen LogP contribution in [0.25, 0.3) is 0 Å².